The predicted molar refractivity (Wildman–Crippen MR) is 133 cm³/mol. The number of para-hydroxylation sites is 1. The van der Waals surface area contributed by atoms with Crippen LogP contribution in [0.1, 0.15) is 28.5 Å². The summed E-state index contributed by atoms with van der Waals surface area (Å²) in [5.41, 5.74) is 9.04. The standard InChI is InChI=1S/C26H24N6O3/c1-3-32-25(34)21-6-4-5-7-22(21)28-26(32)30-29-24(33)18-9-11-20(12-10-18)35-16-19-15-31-14-17(2)8-13-23(31)27-19/h4-15H,3,16H2,1-2H3,(H,28,30)(H,29,33). The molecule has 0 unspecified atom stereocenters. The minimum absolute atomic E-state index is 0.169. The smallest absolute Gasteiger partial charge is 0.269 e. The van der Waals surface area contributed by atoms with E-state index in [1.165, 1.54) is 4.57 Å². The summed E-state index contributed by atoms with van der Waals surface area (Å²) in [6, 6.07) is 17.9. The van der Waals surface area contributed by atoms with E-state index in [0.717, 1.165) is 16.9 Å². The number of carbonyl (C=O) groups excluding carboxylic acids is 1. The molecule has 1 amide bonds. The Hall–Kier alpha value is -4.66. The van der Waals surface area contributed by atoms with Crippen molar-refractivity contribution in [2.24, 2.45) is 0 Å². The number of aromatic nitrogens is 4. The molecular weight excluding hydrogens is 444 g/mol. The van der Waals surface area contributed by atoms with Gasteiger partial charge in [0.15, 0.2) is 0 Å². The van der Waals surface area contributed by atoms with Crippen LogP contribution in [0.5, 0.6) is 5.75 Å². The number of hydrogen-bond acceptors (Lipinski definition) is 6. The van der Waals surface area contributed by atoms with E-state index in [1.54, 1.807) is 42.5 Å². The number of pyridine rings is 1. The summed E-state index contributed by atoms with van der Waals surface area (Å²) < 4.78 is 9.27. The van der Waals surface area contributed by atoms with Gasteiger partial charge in [0.2, 0.25) is 5.95 Å². The molecule has 3 heterocycles. The zero-order valence-electron chi connectivity index (χ0n) is 19.4. The van der Waals surface area contributed by atoms with Gasteiger partial charge in [-0.2, -0.15) is 0 Å². The molecule has 2 N–H and O–H groups in total. The summed E-state index contributed by atoms with van der Waals surface area (Å²) in [5.74, 6) is 0.531. The normalized spacial score (nSPS) is 11.0. The highest BCUT2D eigenvalue weighted by Crippen LogP contribution is 2.16. The van der Waals surface area contributed by atoms with Crippen molar-refractivity contribution in [2.45, 2.75) is 27.0 Å². The summed E-state index contributed by atoms with van der Waals surface area (Å²) in [5, 5.41) is 0.528. The zero-order valence-corrected chi connectivity index (χ0v) is 19.4. The highest BCUT2D eigenvalue weighted by molar-refractivity contribution is 5.95. The lowest BCUT2D eigenvalue weighted by molar-refractivity contribution is 0.0962. The van der Waals surface area contributed by atoms with Crippen molar-refractivity contribution in [1.82, 2.24) is 24.4 Å². The fraction of sp³-hybridized carbons (Fsp3) is 0.154. The summed E-state index contributed by atoms with van der Waals surface area (Å²) >= 11 is 0. The monoisotopic (exact) mass is 468 g/mol. The van der Waals surface area contributed by atoms with Crippen LogP contribution in [-0.2, 0) is 13.2 Å². The lowest BCUT2D eigenvalue weighted by atomic mass is 10.2. The van der Waals surface area contributed by atoms with Gasteiger partial charge in [0.25, 0.3) is 11.5 Å². The van der Waals surface area contributed by atoms with Crippen LogP contribution in [0.3, 0.4) is 0 Å². The van der Waals surface area contributed by atoms with Gasteiger partial charge in [0.1, 0.15) is 18.0 Å². The van der Waals surface area contributed by atoms with E-state index >= 15 is 0 Å². The number of ether oxygens (including phenoxy) is 1. The second-order valence-corrected chi connectivity index (χ2v) is 8.10. The fourth-order valence-corrected chi connectivity index (χ4v) is 3.83. The summed E-state index contributed by atoms with van der Waals surface area (Å²) in [6.07, 6.45) is 3.95. The molecule has 176 valence electrons. The Bertz CT molecular complexity index is 1590. The Morgan fingerprint density at radius 3 is 2.60 bits per heavy atom. The highest BCUT2D eigenvalue weighted by atomic mass is 16.5. The average Bonchev–Trinajstić information content (AvgIpc) is 3.28. The molecule has 9 nitrogen and oxygen atoms in total. The maximum Gasteiger partial charge on any atom is 0.269 e. The van der Waals surface area contributed by atoms with E-state index in [9.17, 15) is 9.59 Å². The molecule has 0 saturated carbocycles. The van der Waals surface area contributed by atoms with Crippen molar-refractivity contribution in [1.29, 1.82) is 0 Å². The van der Waals surface area contributed by atoms with E-state index in [2.05, 4.69) is 20.8 Å². The molecule has 0 aliphatic carbocycles. The van der Waals surface area contributed by atoms with E-state index in [1.807, 2.05) is 48.8 Å². The van der Waals surface area contributed by atoms with Gasteiger partial charge in [-0.15, -0.1) is 0 Å². The first-order valence-corrected chi connectivity index (χ1v) is 11.2. The van der Waals surface area contributed by atoms with Crippen LogP contribution in [0.4, 0.5) is 5.95 Å². The fourth-order valence-electron chi connectivity index (χ4n) is 3.83. The average molecular weight is 469 g/mol. The molecule has 5 rings (SSSR count). The van der Waals surface area contributed by atoms with Crippen molar-refractivity contribution in [2.75, 3.05) is 5.43 Å². The summed E-state index contributed by atoms with van der Waals surface area (Å²) in [7, 11) is 0. The van der Waals surface area contributed by atoms with E-state index in [-0.39, 0.29) is 17.4 Å². The number of imidazole rings is 1. The summed E-state index contributed by atoms with van der Waals surface area (Å²) in [6.45, 7) is 4.60. The lowest BCUT2D eigenvalue weighted by Gasteiger charge is -2.14. The largest absolute Gasteiger partial charge is 0.487 e. The van der Waals surface area contributed by atoms with Crippen LogP contribution in [0.25, 0.3) is 16.6 Å². The molecule has 0 aliphatic heterocycles. The predicted octanol–water partition coefficient (Wildman–Crippen LogP) is 3.71. The van der Waals surface area contributed by atoms with Gasteiger partial charge in [-0.3, -0.25) is 25.0 Å². The quantitative estimate of drug-likeness (QED) is 0.353. The topological polar surface area (TPSA) is 103 Å². The van der Waals surface area contributed by atoms with Crippen LogP contribution in [0.2, 0.25) is 0 Å². The highest BCUT2D eigenvalue weighted by Gasteiger charge is 2.12. The van der Waals surface area contributed by atoms with Crippen LogP contribution in [-0.4, -0.2) is 24.8 Å². The van der Waals surface area contributed by atoms with Gasteiger partial charge in [0.05, 0.1) is 16.6 Å². The van der Waals surface area contributed by atoms with Gasteiger partial charge in [-0.05, 0) is 61.9 Å². The molecule has 0 radical (unpaired) electrons. The van der Waals surface area contributed by atoms with E-state index < -0.39 is 0 Å². The minimum Gasteiger partial charge on any atom is -0.487 e. The molecule has 35 heavy (non-hydrogen) atoms. The van der Waals surface area contributed by atoms with Crippen LogP contribution >= 0.6 is 0 Å². The third-order valence-corrected chi connectivity index (χ3v) is 5.62. The number of anilines is 1. The molecule has 0 fully saturated rings. The van der Waals surface area contributed by atoms with Crippen molar-refractivity contribution in [3.63, 3.8) is 0 Å². The number of rotatable bonds is 7. The molecule has 2 aromatic carbocycles. The Morgan fingerprint density at radius 1 is 1.00 bits per heavy atom. The number of fused-ring (bicyclic) bond motifs is 2. The number of nitrogens with zero attached hydrogens (tertiary/aromatic N) is 4. The number of benzene rings is 2. The Labute approximate surface area is 201 Å². The Morgan fingerprint density at radius 2 is 1.80 bits per heavy atom. The molecule has 3 aromatic heterocycles. The third-order valence-electron chi connectivity index (χ3n) is 5.62. The SMILES string of the molecule is CCn1c(NNC(=O)c2ccc(OCc3cn4cc(C)ccc4n3)cc2)nc2ccccc2c1=O. The molecule has 5 aromatic rings. The van der Waals surface area contributed by atoms with Gasteiger partial charge in [-0.1, -0.05) is 18.2 Å². The number of hydrazine groups is 1. The third kappa shape index (κ3) is 4.56. The van der Waals surface area contributed by atoms with Gasteiger partial charge in [-0.25, -0.2) is 9.97 Å². The number of amides is 1. The molecule has 0 spiro atoms. The Kier molecular flexibility index (Phi) is 5.88. The molecule has 0 bridgehead atoms. The van der Waals surface area contributed by atoms with Gasteiger partial charge in [0, 0.05) is 24.5 Å². The Balaban J connectivity index is 1.23. The minimum atomic E-state index is -0.364. The molecule has 9 heteroatoms. The van der Waals surface area contributed by atoms with Gasteiger partial charge >= 0.3 is 0 Å². The first-order valence-electron chi connectivity index (χ1n) is 11.2. The molecular formula is C26H24N6O3. The van der Waals surface area contributed by atoms with E-state index in [0.29, 0.717) is 35.4 Å². The van der Waals surface area contributed by atoms with Crippen LogP contribution in [0, 0.1) is 6.92 Å². The number of carbonyl (C=O) groups is 1. The van der Waals surface area contributed by atoms with Crippen LogP contribution < -0.4 is 21.1 Å². The van der Waals surface area contributed by atoms with Crippen molar-refractivity contribution >= 4 is 28.4 Å². The maximum absolute atomic E-state index is 12.7. The maximum atomic E-state index is 12.7. The van der Waals surface area contributed by atoms with Crippen molar-refractivity contribution in [3.05, 3.63) is 100 Å². The van der Waals surface area contributed by atoms with E-state index in [4.69, 9.17) is 4.74 Å². The second-order valence-electron chi connectivity index (χ2n) is 8.10. The zero-order chi connectivity index (χ0) is 24.4. The van der Waals surface area contributed by atoms with Crippen molar-refractivity contribution in [3.8, 4) is 5.75 Å². The number of nitrogens with one attached hydrogen (secondary N) is 2. The lowest BCUT2D eigenvalue weighted by Crippen LogP contribution is -2.34. The molecule has 0 atom stereocenters. The second kappa shape index (κ2) is 9.30. The number of aryl methyl sites for hydroxylation is 1. The first-order chi connectivity index (χ1) is 17.0. The van der Waals surface area contributed by atoms with Gasteiger partial charge < -0.3 is 9.14 Å². The molecule has 0 saturated heterocycles. The molecule has 0 aliphatic rings. The summed E-state index contributed by atoms with van der Waals surface area (Å²) in [4.78, 5) is 34.4. The first kappa shape index (κ1) is 22.1. The van der Waals surface area contributed by atoms with Crippen LogP contribution in [0.15, 0.2) is 77.9 Å². The number of hydrogen-bond donors (Lipinski definition) is 2. The van der Waals surface area contributed by atoms with Crippen molar-refractivity contribution < 1.29 is 9.53 Å².